The van der Waals surface area contributed by atoms with Crippen LogP contribution < -0.4 is 0 Å². The van der Waals surface area contributed by atoms with Crippen LogP contribution in [0.1, 0.15) is 39.5 Å². The number of hydrogen-bond donors (Lipinski definition) is 0. The molecule has 0 radical (unpaired) electrons. The number of ether oxygens (including phenoxy) is 1. The Morgan fingerprint density at radius 3 is 2.33 bits per heavy atom. The SMILES string of the molecule is CC(C)C(=O)OCC[N+]1(CCCS(=O)(=O)[O-])CCCCC1. The van der Waals surface area contributed by atoms with E-state index in [9.17, 15) is 17.8 Å². The van der Waals surface area contributed by atoms with Crippen molar-refractivity contribution in [3.05, 3.63) is 0 Å². The van der Waals surface area contributed by atoms with Crippen LogP contribution in [0.5, 0.6) is 0 Å². The highest BCUT2D eigenvalue weighted by Gasteiger charge is 2.29. The van der Waals surface area contributed by atoms with Crippen LogP contribution in [-0.4, -0.2) is 62.0 Å². The van der Waals surface area contributed by atoms with Gasteiger partial charge in [0.05, 0.1) is 35.7 Å². The molecule has 6 nitrogen and oxygen atoms in total. The van der Waals surface area contributed by atoms with Gasteiger partial charge in [0.25, 0.3) is 0 Å². The average Bonchev–Trinajstić information content (AvgIpc) is 2.38. The molecule has 0 spiro atoms. The van der Waals surface area contributed by atoms with E-state index in [2.05, 4.69) is 0 Å². The summed E-state index contributed by atoms with van der Waals surface area (Å²) in [7, 11) is -4.14. The molecule has 0 atom stereocenters. The molecule has 1 saturated heterocycles. The first-order chi connectivity index (χ1) is 9.74. The first kappa shape index (κ1) is 18.4. The van der Waals surface area contributed by atoms with Gasteiger partial charge < -0.3 is 13.8 Å². The van der Waals surface area contributed by atoms with E-state index >= 15 is 0 Å². The summed E-state index contributed by atoms with van der Waals surface area (Å²) >= 11 is 0. The molecule has 1 fully saturated rings. The van der Waals surface area contributed by atoms with Gasteiger partial charge in [-0.15, -0.1) is 0 Å². The molecule has 1 heterocycles. The number of carbonyl (C=O) groups excluding carboxylic acids is 1. The molecule has 0 N–H and O–H groups in total. The fourth-order valence-corrected chi connectivity index (χ4v) is 3.31. The number of likely N-dealkylation sites (tertiary alicyclic amines) is 1. The lowest BCUT2D eigenvalue weighted by Crippen LogP contribution is -2.54. The Kier molecular flexibility index (Phi) is 7.09. The molecule has 0 aromatic heterocycles. The third-order valence-corrected chi connectivity index (χ3v) is 4.86. The predicted octanol–water partition coefficient (Wildman–Crippen LogP) is 1.12. The van der Waals surface area contributed by atoms with E-state index in [1.807, 2.05) is 0 Å². The van der Waals surface area contributed by atoms with Crippen LogP contribution in [0, 0.1) is 5.92 Å². The Hall–Kier alpha value is -0.660. The molecule has 0 bridgehead atoms. The van der Waals surface area contributed by atoms with Gasteiger partial charge in [0.1, 0.15) is 13.2 Å². The minimum absolute atomic E-state index is 0.134. The summed E-state index contributed by atoms with van der Waals surface area (Å²) in [5.74, 6) is -0.642. The van der Waals surface area contributed by atoms with Gasteiger partial charge in [-0.05, 0) is 19.3 Å². The zero-order valence-electron chi connectivity index (χ0n) is 13.0. The minimum Gasteiger partial charge on any atom is -0.748 e. The summed E-state index contributed by atoms with van der Waals surface area (Å²) < 4.78 is 38.2. The fraction of sp³-hybridized carbons (Fsp3) is 0.929. The molecule has 1 aliphatic heterocycles. The number of esters is 1. The van der Waals surface area contributed by atoms with Gasteiger partial charge in [-0.3, -0.25) is 4.79 Å². The van der Waals surface area contributed by atoms with E-state index in [0.29, 0.717) is 26.1 Å². The van der Waals surface area contributed by atoms with Gasteiger partial charge in [0.15, 0.2) is 0 Å². The number of hydrogen-bond acceptors (Lipinski definition) is 5. The summed E-state index contributed by atoms with van der Waals surface area (Å²) in [6, 6.07) is 0. The van der Waals surface area contributed by atoms with Gasteiger partial charge in [-0.25, -0.2) is 8.42 Å². The molecule has 0 saturated carbocycles. The zero-order valence-corrected chi connectivity index (χ0v) is 13.9. The Balaban J connectivity index is 2.47. The molecule has 124 valence electrons. The molecule has 7 heteroatoms. The van der Waals surface area contributed by atoms with E-state index in [-0.39, 0.29) is 17.6 Å². The van der Waals surface area contributed by atoms with Crippen molar-refractivity contribution in [3.63, 3.8) is 0 Å². The minimum atomic E-state index is -4.14. The Morgan fingerprint density at radius 1 is 1.19 bits per heavy atom. The first-order valence-electron chi connectivity index (χ1n) is 7.69. The summed E-state index contributed by atoms with van der Waals surface area (Å²) in [5, 5.41) is 0. The normalized spacial score (nSPS) is 18.7. The van der Waals surface area contributed by atoms with Crippen molar-refractivity contribution < 1.29 is 27.0 Å². The molecule has 0 aromatic carbocycles. The maximum Gasteiger partial charge on any atom is 0.308 e. The molecule has 0 aromatic rings. The zero-order chi connectivity index (χ0) is 15.9. The third-order valence-electron chi connectivity index (χ3n) is 4.07. The number of carbonyl (C=O) groups is 1. The Labute approximate surface area is 127 Å². The molecular weight excluding hydrogens is 294 g/mol. The lowest BCUT2D eigenvalue weighted by Gasteiger charge is -2.41. The third kappa shape index (κ3) is 7.24. The van der Waals surface area contributed by atoms with Crippen molar-refractivity contribution in [2.45, 2.75) is 39.5 Å². The summed E-state index contributed by atoms with van der Waals surface area (Å²) in [6.07, 6.45) is 3.76. The molecule has 1 aliphatic rings. The second-order valence-electron chi connectivity index (χ2n) is 6.23. The van der Waals surface area contributed by atoms with E-state index in [1.165, 1.54) is 6.42 Å². The fourth-order valence-electron chi connectivity index (χ4n) is 2.83. The predicted molar refractivity (Wildman–Crippen MR) is 78.6 cm³/mol. The van der Waals surface area contributed by atoms with Crippen LogP contribution in [0.25, 0.3) is 0 Å². The Morgan fingerprint density at radius 2 is 1.81 bits per heavy atom. The van der Waals surface area contributed by atoms with E-state index in [1.54, 1.807) is 13.8 Å². The highest BCUT2D eigenvalue weighted by atomic mass is 32.2. The van der Waals surface area contributed by atoms with Crippen LogP contribution in [0.15, 0.2) is 0 Å². The number of rotatable bonds is 8. The summed E-state index contributed by atoms with van der Waals surface area (Å²) in [5.41, 5.74) is 0. The molecule has 0 aliphatic carbocycles. The monoisotopic (exact) mass is 321 g/mol. The van der Waals surface area contributed by atoms with E-state index in [4.69, 9.17) is 4.74 Å². The van der Waals surface area contributed by atoms with Crippen LogP contribution in [0.3, 0.4) is 0 Å². The van der Waals surface area contributed by atoms with Crippen molar-refractivity contribution in [3.8, 4) is 0 Å². The van der Waals surface area contributed by atoms with Crippen molar-refractivity contribution >= 4 is 16.1 Å². The maximum absolute atomic E-state index is 11.5. The van der Waals surface area contributed by atoms with Crippen LogP contribution >= 0.6 is 0 Å². The Bertz CT molecular complexity index is 427. The topological polar surface area (TPSA) is 83.5 Å². The van der Waals surface area contributed by atoms with E-state index < -0.39 is 10.1 Å². The van der Waals surface area contributed by atoms with Crippen molar-refractivity contribution in [1.29, 1.82) is 0 Å². The second kappa shape index (κ2) is 8.10. The maximum atomic E-state index is 11.5. The standard InChI is InChI=1S/C14H27NO5S/c1-13(2)14(16)20-11-10-15(7-4-3-5-8-15)9-6-12-21(17,18)19/h13H,3-12H2,1-2H3. The highest BCUT2D eigenvalue weighted by Crippen LogP contribution is 2.19. The average molecular weight is 321 g/mol. The quantitative estimate of drug-likeness (QED) is 0.380. The molecule has 21 heavy (non-hydrogen) atoms. The molecule has 0 unspecified atom stereocenters. The van der Waals surface area contributed by atoms with Gasteiger partial charge in [-0.1, -0.05) is 13.8 Å². The smallest absolute Gasteiger partial charge is 0.308 e. The largest absolute Gasteiger partial charge is 0.748 e. The van der Waals surface area contributed by atoms with Crippen molar-refractivity contribution in [2.75, 3.05) is 38.5 Å². The van der Waals surface area contributed by atoms with Crippen LogP contribution in [0.2, 0.25) is 0 Å². The molecular formula is C14H27NO5S. The van der Waals surface area contributed by atoms with Crippen LogP contribution in [-0.2, 0) is 19.6 Å². The molecule has 1 rings (SSSR count). The van der Waals surface area contributed by atoms with Gasteiger partial charge >= 0.3 is 5.97 Å². The number of quaternary nitrogens is 1. The summed E-state index contributed by atoms with van der Waals surface area (Å²) in [6.45, 7) is 7.27. The summed E-state index contributed by atoms with van der Waals surface area (Å²) in [4.78, 5) is 11.5. The highest BCUT2D eigenvalue weighted by molar-refractivity contribution is 7.85. The second-order valence-corrected chi connectivity index (χ2v) is 7.76. The number of nitrogens with zero attached hydrogens (tertiary/aromatic N) is 1. The molecule has 0 amide bonds. The lowest BCUT2D eigenvalue weighted by atomic mass is 10.1. The van der Waals surface area contributed by atoms with Crippen molar-refractivity contribution in [1.82, 2.24) is 0 Å². The number of piperidine rings is 1. The van der Waals surface area contributed by atoms with E-state index in [0.717, 1.165) is 30.4 Å². The van der Waals surface area contributed by atoms with Gasteiger partial charge in [0.2, 0.25) is 0 Å². The van der Waals surface area contributed by atoms with Crippen molar-refractivity contribution in [2.24, 2.45) is 5.92 Å². The van der Waals surface area contributed by atoms with Gasteiger partial charge in [-0.2, -0.15) is 0 Å². The van der Waals surface area contributed by atoms with Crippen LogP contribution in [0.4, 0.5) is 0 Å². The lowest BCUT2D eigenvalue weighted by molar-refractivity contribution is -0.932. The van der Waals surface area contributed by atoms with Gasteiger partial charge in [0, 0.05) is 12.2 Å². The first-order valence-corrected chi connectivity index (χ1v) is 9.27.